The molecule has 0 unspecified atom stereocenters. The number of nitrogens with two attached hydrogens (primary N) is 1. The van der Waals surface area contributed by atoms with Crippen molar-refractivity contribution in [3.63, 3.8) is 0 Å². The Kier molecular flexibility index (Phi) is 4.22. The summed E-state index contributed by atoms with van der Waals surface area (Å²) < 4.78 is 7.03. The second-order valence-corrected chi connectivity index (χ2v) is 6.70. The van der Waals surface area contributed by atoms with Crippen LogP contribution in [-0.2, 0) is 6.42 Å². The summed E-state index contributed by atoms with van der Waals surface area (Å²) in [6.07, 6.45) is 0.953. The normalized spacial score (nSPS) is 10.8. The van der Waals surface area contributed by atoms with Gasteiger partial charge in [-0.05, 0) is 53.3 Å². The molecule has 0 amide bonds. The Balaban J connectivity index is 2.09. The number of nitrogens with one attached hydrogen (secondary N) is 1. The van der Waals surface area contributed by atoms with E-state index in [0.717, 1.165) is 26.0 Å². The van der Waals surface area contributed by atoms with Crippen LogP contribution in [0.4, 0.5) is 5.95 Å². The lowest BCUT2D eigenvalue weighted by atomic mass is 10.3. The highest BCUT2D eigenvalue weighted by Crippen LogP contribution is 2.34. The Morgan fingerprint density at radius 1 is 1.33 bits per heavy atom. The number of aryl methyl sites for hydroxylation is 1. The maximum absolute atomic E-state index is 5.93. The molecule has 0 fully saturated rings. The third-order valence-corrected chi connectivity index (χ3v) is 4.74. The smallest absolute Gasteiger partial charge is 0.241 e. The Morgan fingerprint density at radius 3 is 2.90 bits per heavy atom. The van der Waals surface area contributed by atoms with Crippen molar-refractivity contribution in [3.05, 3.63) is 38.8 Å². The second kappa shape index (κ2) is 6.12. The van der Waals surface area contributed by atoms with Crippen LogP contribution < -0.4 is 16.0 Å². The Bertz CT molecular complexity index is 790. The number of fused-ring (bicyclic) bond motifs is 1. The lowest BCUT2D eigenvalue weighted by Crippen LogP contribution is -2.10. The molecule has 0 saturated carbocycles. The second-order valence-electron chi connectivity index (χ2n) is 4.34. The van der Waals surface area contributed by atoms with Crippen LogP contribution in [0.25, 0.3) is 10.2 Å². The lowest BCUT2D eigenvalue weighted by Gasteiger charge is -2.07. The van der Waals surface area contributed by atoms with Crippen LogP contribution in [0.2, 0.25) is 0 Å². The van der Waals surface area contributed by atoms with Gasteiger partial charge in [-0.3, -0.25) is 5.43 Å². The number of anilines is 1. The number of benzene rings is 1. The molecule has 2 aromatic heterocycles. The lowest BCUT2D eigenvalue weighted by molar-refractivity contribution is 0.469. The van der Waals surface area contributed by atoms with Crippen molar-refractivity contribution in [1.82, 2.24) is 9.97 Å². The molecule has 0 spiro atoms. The summed E-state index contributed by atoms with van der Waals surface area (Å²) in [5, 5.41) is 0.912. The number of hydrogen-bond donors (Lipinski definition) is 2. The van der Waals surface area contributed by atoms with E-state index in [1.54, 1.807) is 11.3 Å². The van der Waals surface area contributed by atoms with E-state index in [9.17, 15) is 0 Å². The Morgan fingerprint density at radius 2 is 2.19 bits per heavy atom. The first-order valence-corrected chi connectivity index (χ1v) is 8.29. The standard InChI is InChI=1S/C14H13IN4OS/c1-2-10-7-11-12(17-14(19-16)18-13(11)21-10)20-9-5-3-4-8(15)6-9/h3-7H,2,16H2,1H3,(H,17,18,19). The highest BCUT2D eigenvalue weighted by molar-refractivity contribution is 14.1. The topological polar surface area (TPSA) is 73.1 Å². The highest BCUT2D eigenvalue weighted by Gasteiger charge is 2.13. The summed E-state index contributed by atoms with van der Waals surface area (Å²) in [6.45, 7) is 2.11. The highest BCUT2D eigenvalue weighted by atomic mass is 127. The predicted octanol–water partition coefficient (Wildman–Crippen LogP) is 3.94. The van der Waals surface area contributed by atoms with E-state index >= 15 is 0 Å². The van der Waals surface area contributed by atoms with Crippen LogP contribution in [0.1, 0.15) is 11.8 Å². The van der Waals surface area contributed by atoms with E-state index in [1.807, 2.05) is 24.3 Å². The van der Waals surface area contributed by atoms with Crippen LogP contribution in [0, 0.1) is 3.57 Å². The maximum Gasteiger partial charge on any atom is 0.241 e. The Hall–Kier alpha value is -1.45. The van der Waals surface area contributed by atoms with Crippen molar-refractivity contribution in [2.75, 3.05) is 5.43 Å². The molecule has 5 nitrogen and oxygen atoms in total. The van der Waals surface area contributed by atoms with Gasteiger partial charge in [0.2, 0.25) is 11.8 Å². The molecule has 2 heterocycles. The number of aromatic nitrogens is 2. The number of thiophene rings is 1. The number of nitrogens with zero attached hydrogens (tertiary/aromatic N) is 2. The zero-order valence-corrected chi connectivity index (χ0v) is 14.2. The van der Waals surface area contributed by atoms with Crippen molar-refractivity contribution in [2.45, 2.75) is 13.3 Å². The van der Waals surface area contributed by atoms with E-state index in [0.29, 0.717) is 11.8 Å². The summed E-state index contributed by atoms with van der Waals surface area (Å²) >= 11 is 3.87. The van der Waals surface area contributed by atoms with Crippen molar-refractivity contribution < 1.29 is 4.74 Å². The van der Waals surface area contributed by atoms with Gasteiger partial charge in [0.25, 0.3) is 0 Å². The summed E-state index contributed by atoms with van der Waals surface area (Å²) in [7, 11) is 0. The molecule has 0 atom stereocenters. The fourth-order valence-corrected chi connectivity index (χ4v) is 3.38. The molecule has 0 aliphatic rings. The number of rotatable bonds is 4. The molecule has 0 aliphatic carbocycles. The summed E-state index contributed by atoms with van der Waals surface area (Å²) in [5.74, 6) is 7.06. The quantitative estimate of drug-likeness (QED) is 0.386. The Labute approximate surface area is 139 Å². The molecule has 108 valence electrons. The number of halogens is 1. The van der Waals surface area contributed by atoms with Gasteiger partial charge >= 0.3 is 0 Å². The van der Waals surface area contributed by atoms with E-state index in [1.165, 1.54) is 4.88 Å². The largest absolute Gasteiger partial charge is 0.438 e. The SMILES string of the molecule is CCc1cc2c(Oc3cccc(I)c3)nc(NN)nc2s1. The molecule has 7 heteroatoms. The average Bonchev–Trinajstić information content (AvgIpc) is 2.90. The average molecular weight is 412 g/mol. The molecule has 21 heavy (non-hydrogen) atoms. The molecule has 0 saturated heterocycles. The summed E-state index contributed by atoms with van der Waals surface area (Å²) in [6, 6.07) is 9.89. The number of hydrogen-bond acceptors (Lipinski definition) is 6. The molecule has 3 rings (SSSR count). The molecule has 0 aliphatic heterocycles. The third kappa shape index (κ3) is 3.09. The van der Waals surface area contributed by atoms with Crippen LogP contribution in [0.5, 0.6) is 11.6 Å². The molecular formula is C14H13IN4OS. The van der Waals surface area contributed by atoms with Crippen molar-refractivity contribution in [3.8, 4) is 11.6 Å². The van der Waals surface area contributed by atoms with Crippen molar-refractivity contribution in [1.29, 1.82) is 0 Å². The monoisotopic (exact) mass is 412 g/mol. The van der Waals surface area contributed by atoms with Crippen LogP contribution in [-0.4, -0.2) is 9.97 Å². The fraction of sp³-hybridized carbons (Fsp3) is 0.143. The minimum absolute atomic E-state index is 0.354. The first-order chi connectivity index (χ1) is 10.2. The maximum atomic E-state index is 5.93. The van der Waals surface area contributed by atoms with Gasteiger partial charge in [0.15, 0.2) is 0 Å². The van der Waals surface area contributed by atoms with Crippen molar-refractivity contribution >= 4 is 50.1 Å². The molecule has 0 bridgehead atoms. The first-order valence-electron chi connectivity index (χ1n) is 6.40. The van der Waals surface area contributed by atoms with Gasteiger partial charge < -0.3 is 4.74 Å². The summed E-state index contributed by atoms with van der Waals surface area (Å²) in [4.78, 5) is 10.8. The van der Waals surface area contributed by atoms with E-state index in [-0.39, 0.29) is 0 Å². The van der Waals surface area contributed by atoms with Gasteiger partial charge in [0.1, 0.15) is 10.6 Å². The van der Waals surface area contributed by atoms with Crippen LogP contribution in [0.3, 0.4) is 0 Å². The number of hydrazine groups is 1. The molecule has 1 aromatic carbocycles. The van der Waals surface area contributed by atoms with Crippen molar-refractivity contribution in [2.24, 2.45) is 5.84 Å². The van der Waals surface area contributed by atoms with Gasteiger partial charge in [-0.2, -0.15) is 4.98 Å². The minimum Gasteiger partial charge on any atom is -0.438 e. The predicted molar refractivity (Wildman–Crippen MR) is 93.8 cm³/mol. The van der Waals surface area contributed by atoms with Gasteiger partial charge in [-0.1, -0.05) is 13.0 Å². The van der Waals surface area contributed by atoms with Gasteiger partial charge in [0, 0.05) is 8.45 Å². The zero-order chi connectivity index (χ0) is 14.8. The first kappa shape index (κ1) is 14.5. The molecule has 3 N–H and O–H groups in total. The number of ether oxygens (including phenoxy) is 1. The molecular weight excluding hydrogens is 399 g/mol. The van der Waals surface area contributed by atoms with Gasteiger partial charge in [-0.15, -0.1) is 11.3 Å². The van der Waals surface area contributed by atoms with Gasteiger partial charge in [-0.25, -0.2) is 10.8 Å². The minimum atomic E-state index is 0.354. The van der Waals surface area contributed by atoms with E-state index in [4.69, 9.17) is 10.6 Å². The third-order valence-electron chi connectivity index (χ3n) is 2.90. The fourth-order valence-electron chi connectivity index (χ4n) is 1.90. The molecule has 0 radical (unpaired) electrons. The van der Waals surface area contributed by atoms with E-state index < -0.39 is 0 Å². The van der Waals surface area contributed by atoms with Gasteiger partial charge in [0.05, 0.1) is 5.39 Å². The molecule has 3 aromatic rings. The number of nitrogen functional groups attached to an aromatic ring is 1. The van der Waals surface area contributed by atoms with Crippen LogP contribution >= 0.6 is 33.9 Å². The zero-order valence-electron chi connectivity index (χ0n) is 11.3. The van der Waals surface area contributed by atoms with Crippen LogP contribution in [0.15, 0.2) is 30.3 Å². The van der Waals surface area contributed by atoms with E-state index in [2.05, 4.69) is 51.0 Å². The summed E-state index contributed by atoms with van der Waals surface area (Å²) in [5.41, 5.74) is 2.49.